The number of anilines is 1. The third-order valence-electron chi connectivity index (χ3n) is 5.05. The highest BCUT2D eigenvalue weighted by Crippen LogP contribution is 2.34. The molecule has 1 aliphatic rings. The number of aromatic nitrogens is 2. The number of rotatable bonds is 5. The molecule has 0 bridgehead atoms. The number of benzene rings is 2. The molecule has 0 spiro atoms. The SMILES string of the molecule is C[C@H]1Cc2cc(S(N)(=O)=O)ccc2N1Cc1nccn1Cc1ccccc1. The largest absolute Gasteiger partial charge is 0.361 e. The maximum atomic E-state index is 11.6. The molecule has 2 N–H and O–H groups in total. The van der Waals surface area contributed by atoms with Gasteiger partial charge < -0.3 is 9.47 Å². The van der Waals surface area contributed by atoms with E-state index in [1.54, 1.807) is 12.1 Å². The van der Waals surface area contributed by atoms with Crippen LogP contribution in [-0.4, -0.2) is 24.0 Å². The van der Waals surface area contributed by atoms with E-state index in [9.17, 15) is 8.42 Å². The molecular formula is C20H22N4O2S. The van der Waals surface area contributed by atoms with Crippen LogP contribution >= 0.6 is 0 Å². The van der Waals surface area contributed by atoms with Gasteiger partial charge in [0.2, 0.25) is 10.0 Å². The Bertz CT molecular complexity index is 1060. The van der Waals surface area contributed by atoms with Gasteiger partial charge in [-0.25, -0.2) is 18.5 Å². The van der Waals surface area contributed by atoms with Crippen LogP contribution < -0.4 is 10.0 Å². The molecule has 140 valence electrons. The van der Waals surface area contributed by atoms with Gasteiger partial charge in [0.15, 0.2) is 0 Å². The Balaban J connectivity index is 1.59. The van der Waals surface area contributed by atoms with Crippen LogP contribution in [0, 0.1) is 0 Å². The van der Waals surface area contributed by atoms with Crippen molar-refractivity contribution in [3.8, 4) is 0 Å². The average molecular weight is 382 g/mol. The molecular weight excluding hydrogens is 360 g/mol. The summed E-state index contributed by atoms with van der Waals surface area (Å²) in [5.74, 6) is 0.981. The molecule has 27 heavy (non-hydrogen) atoms. The van der Waals surface area contributed by atoms with Crippen molar-refractivity contribution in [1.29, 1.82) is 0 Å². The van der Waals surface area contributed by atoms with E-state index < -0.39 is 10.0 Å². The Morgan fingerprint density at radius 3 is 2.67 bits per heavy atom. The van der Waals surface area contributed by atoms with Crippen molar-refractivity contribution in [2.75, 3.05) is 4.90 Å². The molecule has 1 aromatic heterocycles. The van der Waals surface area contributed by atoms with Crippen molar-refractivity contribution < 1.29 is 8.42 Å². The lowest BCUT2D eigenvalue weighted by atomic mass is 10.1. The molecule has 2 aromatic carbocycles. The van der Waals surface area contributed by atoms with Gasteiger partial charge in [0, 0.05) is 30.7 Å². The van der Waals surface area contributed by atoms with Crippen LogP contribution in [0.15, 0.2) is 65.8 Å². The molecule has 6 nitrogen and oxygen atoms in total. The number of primary sulfonamides is 1. The van der Waals surface area contributed by atoms with Gasteiger partial charge in [0.05, 0.1) is 11.4 Å². The van der Waals surface area contributed by atoms with Crippen LogP contribution in [0.4, 0.5) is 5.69 Å². The number of hydrogen-bond donors (Lipinski definition) is 1. The fourth-order valence-electron chi connectivity index (χ4n) is 3.66. The van der Waals surface area contributed by atoms with Gasteiger partial charge >= 0.3 is 0 Å². The minimum absolute atomic E-state index is 0.167. The zero-order valence-electron chi connectivity index (χ0n) is 15.1. The molecule has 2 heterocycles. The predicted octanol–water partition coefficient (Wildman–Crippen LogP) is 2.53. The Kier molecular flexibility index (Phi) is 4.49. The molecule has 0 aliphatic carbocycles. The molecule has 0 amide bonds. The smallest absolute Gasteiger partial charge is 0.238 e. The fraction of sp³-hybridized carbons (Fsp3) is 0.250. The van der Waals surface area contributed by atoms with E-state index >= 15 is 0 Å². The molecule has 0 unspecified atom stereocenters. The lowest BCUT2D eigenvalue weighted by molar-refractivity contribution is 0.597. The number of imidazole rings is 1. The van der Waals surface area contributed by atoms with E-state index in [4.69, 9.17) is 5.14 Å². The molecule has 3 aromatic rings. The molecule has 1 atom stereocenters. The molecule has 0 saturated carbocycles. The summed E-state index contributed by atoms with van der Waals surface area (Å²) >= 11 is 0. The summed E-state index contributed by atoms with van der Waals surface area (Å²) in [4.78, 5) is 6.98. The zero-order valence-corrected chi connectivity index (χ0v) is 15.9. The number of fused-ring (bicyclic) bond motifs is 1. The summed E-state index contributed by atoms with van der Waals surface area (Å²) in [5.41, 5.74) is 3.28. The first-order valence-corrected chi connectivity index (χ1v) is 10.4. The third kappa shape index (κ3) is 3.61. The quantitative estimate of drug-likeness (QED) is 0.735. The summed E-state index contributed by atoms with van der Waals surface area (Å²) in [6.07, 6.45) is 4.61. The second kappa shape index (κ2) is 6.83. The first-order chi connectivity index (χ1) is 12.9. The van der Waals surface area contributed by atoms with Gasteiger partial charge in [-0.1, -0.05) is 30.3 Å². The van der Waals surface area contributed by atoms with Crippen LogP contribution in [0.3, 0.4) is 0 Å². The van der Waals surface area contributed by atoms with Crippen molar-refractivity contribution in [1.82, 2.24) is 9.55 Å². The molecule has 1 aliphatic heterocycles. The van der Waals surface area contributed by atoms with E-state index in [0.29, 0.717) is 6.54 Å². The summed E-state index contributed by atoms with van der Waals surface area (Å²) in [6.45, 7) is 3.58. The summed E-state index contributed by atoms with van der Waals surface area (Å²) in [7, 11) is -3.69. The highest BCUT2D eigenvalue weighted by molar-refractivity contribution is 7.89. The van der Waals surface area contributed by atoms with Crippen LogP contribution in [0.2, 0.25) is 0 Å². The van der Waals surface area contributed by atoms with Crippen molar-refractivity contribution in [2.24, 2.45) is 5.14 Å². The van der Waals surface area contributed by atoms with Crippen molar-refractivity contribution in [2.45, 2.75) is 37.4 Å². The maximum Gasteiger partial charge on any atom is 0.238 e. The Morgan fingerprint density at radius 1 is 1.15 bits per heavy atom. The number of hydrogen-bond acceptors (Lipinski definition) is 4. The Hall–Kier alpha value is -2.64. The van der Waals surface area contributed by atoms with Gasteiger partial charge in [0.25, 0.3) is 0 Å². The van der Waals surface area contributed by atoms with Crippen LogP contribution in [-0.2, 0) is 29.5 Å². The van der Waals surface area contributed by atoms with E-state index in [-0.39, 0.29) is 10.9 Å². The second-order valence-corrected chi connectivity index (χ2v) is 8.53. The van der Waals surface area contributed by atoms with E-state index in [1.807, 2.05) is 36.7 Å². The zero-order chi connectivity index (χ0) is 19.0. The monoisotopic (exact) mass is 382 g/mol. The standard InChI is InChI=1S/C20H22N4O2S/c1-15-11-17-12-18(27(21,25)26)7-8-19(17)24(15)14-20-22-9-10-23(20)13-16-5-3-2-4-6-16/h2-10,12,15H,11,13-14H2,1H3,(H2,21,25,26)/t15-/m0/s1. The topological polar surface area (TPSA) is 81.2 Å². The molecule has 4 rings (SSSR count). The van der Waals surface area contributed by atoms with Crippen LogP contribution in [0.1, 0.15) is 23.9 Å². The molecule has 0 saturated heterocycles. The molecule has 0 fully saturated rings. The fourth-order valence-corrected chi connectivity index (χ4v) is 4.22. The molecule has 7 heteroatoms. The summed E-state index contributed by atoms with van der Waals surface area (Å²) in [5, 5.41) is 5.27. The Labute approximate surface area is 159 Å². The maximum absolute atomic E-state index is 11.6. The number of sulfonamides is 1. The minimum atomic E-state index is -3.69. The van der Waals surface area contributed by atoms with Gasteiger partial charge in [-0.05, 0) is 42.7 Å². The minimum Gasteiger partial charge on any atom is -0.361 e. The summed E-state index contributed by atoms with van der Waals surface area (Å²) < 4.78 is 25.4. The lowest BCUT2D eigenvalue weighted by Crippen LogP contribution is -2.30. The van der Waals surface area contributed by atoms with Gasteiger partial charge in [0.1, 0.15) is 5.82 Å². The predicted molar refractivity (Wildman–Crippen MR) is 105 cm³/mol. The average Bonchev–Trinajstić information content (AvgIpc) is 3.19. The first-order valence-electron chi connectivity index (χ1n) is 8.88. The third-order valence-corrected chi connectivity index (χ3v) is 5.96. The molecule has 0 radical (unpaired) electrons. The lowest BCUT2D eigenvalue weighted by Gasteiger charge is -2.25. The second-order valence-electron chi connectivity index (χ2n) is 6.97. The highest BCUT2D eigenvalue weighted by Gasteiger charge is 2.28. The van der Waals surface area contributed by atoms with E-state index in [1.165, 1.54) is 5.56 Å². The Morgan fingerprint density at radius 2 is 1.93 bits per heavy atom. The number of nitrogens with zero attached hydrogens (tertiary/aromatic N) is 3. The number of nitrogens with two attached hydrogens (primary N) is 1. The first kappa shape index (κ1) is 17.8. The van der Waals surface area contributed by atoms with E-state index in [2.05, 4.69) is 33.5 Å². The highest BCUT2D eigenvalue weighted by atomic mass is 32.2. The van der Waals surface area contributed by atoms with Crippen LogP contribution in [0.5, 0.6) is 0 Å². The van der Waals surface area contributed by atoms with Gasteiger partial charge in [-0.3, -0.25) is 0 Å². The van der Waals surface area contributed by atoms with Crippen molar-refractivity contribution in [3.05, 3.63) is 77.9 Å². The summed E-state index contributed by atoms with van der Waals surface area (Å²) in [6, 6.07) is 15.7. The van der Waals surface area contributed by atoms with Crippen molar-refractivity contribution in [3.63, 3.8) is 0 Å². The van der Waals surface area contributed by atoms with E-state index in [0.717, 1.165) is 30.0 Å². The van der Waals surface area contributed by atoms with Crippen LogP contribution in [0.25, 0.3) is 0 Å². The van der Waals surface area contributed by atoms with Crippen molar-refractivity contribution >= 4 is 15.7 Å². The normalized spacial score (nSPS) is 16.5. The van der Waals surface area contributed by atoms with Gasteiger partial charge in [-0.2, -0.15) is 0 Å². The van der Waals surface area contributed by atoms with Gasteiger partial charge in [-0.15, -0.1) is 0 Å².